The molecule has 1 aliphatic heterocycles. The lowest BCUT2D eigenvalue weighted by Crippen LogP contribution is -2.37. The highest BCUT2D eigenvalue weighted by Gasteiger charge is 2.48. The minimum atomic E-state index is -0.861. The Morgan fingerprint density at radius 3 is 2.03 bits per heavy atom. The van der Waals surface area contributed by atoms with Crippen molar-refractivity contribution in [3.63, 3.8) is 0 Å². The van der Waals surface area contributed by atoms with E-state index >= 15 is 0 Å². The van der Waals surface area contributed by atoms with Crippen molar-refractivity contribution < 1.29 is 28.6 Å². The number of allylic oxidation sites excluding steroid dienone is 4. The van der Waals surface area contributed by atoms with Crippen LogP contribution in [0.1, 0.15) is 88.7 Å². The zero-order valence-electron chi connectivity index (χ0n) is 22.8. The van der Waals surface area contributed by atoms with Crippen LogP contribution in [0.4, 0.5) is 0 Å². The SMILES string of the molecule is Cc1cc2c(C)c(CC(C)C(=O)O)cc(C3C4=C(CC(C)(C)CC4=O)OC4=C3C(=O)CC(C)(C)C4)c2o1. The monoisotopic (exact) mass is 504 g/mol. The molecule has 2 aromatic rings. The summed E-state index contributed by atoms with van der Waals surface area (Å²) in [5.74, 6) is 0.0194. The summed E-state index contributed by atoms with van der Waals surface area (Å²) in [6.45, 7) is 13.8. The highest BCUT2D eigenvalue weighted by Crippen LogP contribution is 2.54. The summed E-state index contributed by atoms with van der Waals surface area (Å²) in [6, 6.07) is 3.94. The van der Waals surface area contributed by atoms with E-state index < -0.39 is 17.8 Å². The number of hydrogen-bond acceptors (Lipinski definition) is 5. The van der Waals surface area contributed by atoms with Crippen LogP contribution >= 0.6 is 0 Å². The van der Waals surface area contributed by atoms with Gasteiger partial charge in [0.25, 0.3) is 0 Å². The number of ether oxygens (including phenoxy) is 1. The van der Waals surface area contributed by atoms with Crippen molar-refractivity contribution in [3.05, 3.63) is 57.2 Å². The predicted octanol–water partition coefficient (Wildman–Crippen LogP) is 6.71. The van der Waals surface area contributed by atoms with Crippen LogP contribution in [0.25, 0.3) is 11.0 Å². The first-order chi connectivity index (χ1) is 17.2. The van der Waals surface area contributed by atoms with E-state index in [1.807, 2.05) is 26.0 Å². The first-order valence-electron chi connectivity index (χ1n) is 13.1. The summed E-state index contributed by atoms with van der Waals surface area (Å²) in [6.07, 6.45) is 2.33. The third-order valence-electron chi connectivity index (χ3n) is 8.17. The molecule has 0 spiro atoms. The molecule has 6 nitrogen and oxygen atoms in total. The molecule has 0 radical (unpaired) electrons. The molecule has 0 bridgehead atoms. The number of ketones is 2. The Bertz CT molecular complexity index is 1380. The number of benzene rings is 1. The fourth-order valence-electron chi connectivity index (χ4n) is 6.37. The Kier molecular flexibility index (Phi) is 5.81. The summed E-state index contributed by atoms with van der Waals surface area (Å²) in [4.78, 5) is 39.1. The molecule has 2 aliphatic carbocycles. The van der Waals surface area contributed by atoms with Crippen LogP contribution in [-0.2, 0) is 25.5 Å². The number of hydrogen-bond donors (Lipinski definition) is 1. The zero-order chi connectivity index (χ0) is 27.0. The lowest BCUT2D eigenvalue weighted by atomic mass is 9.65. The minimum Gasteiger partial charge on any atom is -0.481 e. The number of aryl methyl sites for hydroxylation is 2. The summed E-state index contributed by atoms with van der Waals surface area (Å²) < 4.78 is 12.7. The molecule has 37 heavy (non-hydrogen) atoms. The number of aliphatic carboxylic acids is 1. The van der Waals surface area contributed by atoms with Crippen molar-refractivity contribution >= 4 is 28.5 Å². The van der Waals surface area contributed by atoms with E-state index in [-0.39, 0.29) is 22.4 Å². The molecule has 1 atom stereocenters. The number of fused-ring (bicyclic) bond motifs is 1. The fraction of sp³-hybridized carbons (Fsp3) is 0.516. The van der Waals surface area contributed by atoms with Crippen LogP contribution in [0.3, 0.4) is 0 Å². The molecular formula is C31H36O6. The van der Waals surface area contributed by atoms with Crippen LogP contribution in [0.15, 0.2) is 39.2 Å². The molecule has 2 heterocycles. The van der Waals surface area contributed by atoms with Crippen molar-refractivity contribution in [2.75, 3.05) is 0 Å². The van der Waals surface area contributed by atoms with E-state index in [1.54, 1.807) is 6.92 Å². The molecule has 196 valence electrons. The van der Waals surface area contributed by atoms with Gasteiger partial charge in [0, 0.05) is 47.8 Å². The molecule has 1 N–H and O–H groups in total. The van der Waals surface area contributed by atoms with Gasteiger partial charge in [-0.05, 0) is 48.3 Å². The van der Waals surface area contributed by atoms with Gasteiger partial charge in [-0.15, -0.1) is 0 Å². The third kappa shape index (κ3) is 4.34. The van der Waals surface area contributed by atoms with Gasteiger partial charge in [0.1, 0.15) is 22.9 Å². The topological polar surface area (TPSA) is 93.8 Å². The summed E-state index contributed by atoms with van der Waals surface area (Å²) in [7, 11) is 0. The van der Waals surface area contributed by atoms with E-state index in [1.165, 1.54) is 0 Å². The van der Waals surface area contributed by atoms with Crippen LogP contribution in [0.5, 0.6) is 0 Å². The van der Waals surface area contributed by atoms with Gasteiger partial charge in [0.15, 0.2) is 11.6 Å². The second kappa shape index (κ2) is 8.44. The largest absolute Gasteiger partial charge is 0.481 e. The molecule has 6 heteroatoms. The van der Waals surface area contributed by atoms with Gasteiger partial charge < -0.3 is 14.3 Å². The van der Waals surface area contributed by atoms with Crippen LogP contribution in [-0.4, -0.2) is 22.6 Å². The number of carboxylic acid groups (broad SMARTS) is 1. The van der Waals surface area contributed by atoms with Gasteiger partial charge in [-0.2, -0.15) is 0 Å². The number of carboxylic acids is 1. The zero-order valence-corrected chi connectivity index (χ0v) is 22.8. The number of rotatable bonds is 4. The van der Waals surface area contributed by atoms with Crippen LogP contribution in [0.2, 0.25) is 0 Å². The number of furan rings is 1. The fourth-order valence-corrected chi connectivity index (χ4v) is 6.37. The Morgan fingerprint density at radius 2 is 1.51 bits per heavy atom. The Hall–Kier alpha value is -3.15. The van der Waals surface area contributed by atoms with Gasteiger partial charge in [-0.3, -0.25) is 14.4 Å². The van der Waals surface area contributed by atoms with E-state index in [0.717, 1.165) is 27.8 Å². The van der Waals surface area contributed by atoms with Gasteiger partial charge in [0.05, 0.1) is 11.8 Å². The lowest BCUT2D eigenvalue weighted by Gasteiger charge is -2.42. The summed E-state index contributed by atoms with van der Waals surface area (Å²) in [5, 5.41) is 10.5. The van der Waals surface area contributed by atoms with Crippen LogP contribution < -0.4 is 0 Å². The van der Waals surface area contributed by atoms with Crippen molar-refractivity contribution in [2.24, 2.45) is 16.7 Å². The van der Waals surface area contributed by atoms with Gasteiger partial charge >= 0.3 is 5.97 Å². The van der Waals surface area contributed by atoms with Crippen LogP contribution in [0, 0.1) is 30.6 Å². The molecule has 0 saturated carbocycles. The van der Waals surface area contributed by atoms with Crippen molar-refractivity contribution in [3.8, 4) is 0 Å². The second-order valence-electron chi connectivity index (χ2n) is 12.9. The van der Waals surface area contributed by atoms with Crippen molar-refractivity contribution in [1.82, 2.24) is 0 Å². The maximum atomic E-state index is 13.7. The van der Waals surface area contributed by atoms with E-state index in [9.17, 15) is 19.5 Å². The average molecular weight is 505 g/mol. The molecule has 3 aliphatic rings. The highest BCUT2D eigenvalue weighted by molar-refractivity contribution is 6.07. The van der Waals surface area contributed by atoms with E-state index in [2.05, 4.69) is 27.7 Å². The first-order valence-corrected chi connectivity index (χ1v) is 13.1. The Labute approximate surface area is 217 Å². The molecule has 1 aromatic heterocycles. The number of Topliss-reactive ketones (excluding diaryl/α,β-unsaturated/α-hetero) is 2. The van der Waals surface area contributed by atoms with Gasteiger partial charge in [-0.1, -0.05) is 40.7 Å². The normalized spacial score (nSPS) is 22.1. The summed E-state index contributed by atoms with van der Waals surface area (Å²) in [5.41, 5.74) is 3.91. The minimum absolute atomic E-state index is 0.00195. The van der Waals surface area contributed by atoms with Crippen molar-refractivity contribution in [1.29, 1.82) is 0 Å². The number of carbonyl (C=O) groups is 3. The standard InChI is InChI=1S/C31H36O6/c1-15(29(34)35)8-18-10-20(28-19(17(18)3)9-16(2)36-28)25-26-21(32)11-30(4,5)13-23(26)37-24-14-31(6,7)12-22(33)27(24)25/h9-10,15,25H,8,11-14H2,1-7H3,(H,34,35). The molecule has 0 amide bonds. The predicted molar refractivity (Wildman–Crippen MR) is 140 cm³/mol. The second-order valence-corrected chi connectivity index (χ2v) is 12.9. The Morgan fingerprint density at radius 1 is 0.973 bits per heavy atom. The summed E-state index contributed by atoms with van der Waals surface area (Å²) >= 11 is 0. The molecule has 0 saturated heterocycles. The maximum Gasteiger partial charge on any atom is 0.306 e. The van der Waals surface area contributed by atoms with Crippen molar-refractivity contribution in [2.45, 2.75) is 86.5 Å². The smallest absolute Gasteiger partial charge is 0.306 e. The molecule has 1 aromatic carbocycles. The van der Waals surface area contributed by atoms with E-state index in [0.29, 0.717) is 60.4 Å². The van der Waals surface area contributed by atoms with Gasteiger partial charge in [-0.25, -0.2) is 0 Å². The molecule has 5 rings (SSSR count). The quantitative estimate of drug-likeness (QED) is 0.497. The van der Waals surface area contributed by atoms with Gasteiger partial charge in [0.2, 0.25) is 0 Å². The third-order valence-corrected chi connectivity index (χ3v) is 8.17. The molecule has 0 fully saturated rings. The maximum absolute atomic E-state index is 13.7. The molecule has 1 unspecified atom stereocenters. The first kappa shape index (κ1) is 25.5. The lowest BCUT2D eigenvalue weighted by molar-refractivity contribution is -0.141. The highest BCUT2D eigenvalue weighted by atomic mass is 16.5. The number of carbonyl (C=O) groups excluding carboxylic acids is 2. The Balaban J connectivity index is 1.80. The average Bonchev–Trinajstić information content (AvgIpc) is 3.14. The molecular weight excluding hydrogens is 468 g/mol. The van der Waals surface area contributed by atoms with E-state index in [4.69, 9.17) is 9.15 Å².